The van der Waals surface area contributed by atoms with Crippen molar-refractivity contribution in [2.24, 2.45) is 0 Å². The van der Waals surface area contributed by atoms with Crippen molar-refractivity contribution >= 4 is 17.6 Å². The highest BCUT2D eigenvalue weighted by atomic mass is 35.5. The van der Waals surface area contributed by atoms with Crippen LogP contribution in [0.15, 0.2) is 28.8 Å². The Labute approximate surface area is 121 Å². The van der Waals surface area contributed by atoms with E-state index in [0.29, 0.717) is 23.0 Å². The van der Waals surface area contributed by atoms with Gasteiger partial charge in [-0.3, -0.25) is 4.79 Å². The molecule has 0 aliphatic carbocycles. The number of carbonyl (C=O) groups is 1. The number of hydrogen-bond acceptors (Lipinski definition) is 5. The van der Waals surface area contributed by atoms with E-state index in [1.165, 1.54) is 0 Å². The van der Waals surface area contributed by atoms with Crippen molar-refractivity contribution < 1.29 is 14.1 Å². The highest BCUT2D eigenvalue weighted by Gasteiger charge is 2.37. The van der Waals surface area contributed by atoms with Crippen LogP contribution in [0.4, 0.5) is 0 Å². The molecule has 0 bridgehead atoms. The first-order chi connectivity index (χ1) is 9.46. The van der Waals surface area contributed by atoms with Crippen LogP contribution in [0.2, 0.25) is 5.02 Å². The molecule has 0 radical (unpaired) electrons. The fourth-order valence-corrected chi connectivity index (χ4v) is 1.85. The molecule has 20 heavy (non-hydrogen) atoms. The second kappa shape index (κ2) is 5.63. The zero-order valence-corrected chi connectivity index (χ0v) is 12.3. The van der Waals surface area contributed by atoms with Crippen molar-refractivity contribution in [3.8, 4) is 11.4 Å². The third kappa shape index (κ3) is 2.67. The summed E-state index contributed by atoms with van der Waals surface area (Å²) < 4.78 is 10.2. The van der Waals surface area contributed by atoms with E-state index in [9.17, 15) is 4.79 Å². The summed E-state index contributed by atoms with van der Waals surface area (Å²) in [5, 5.41) is 4.40. The first-order valence-corrected chi connectivity index (χ1v) is 6.61. The maximum absolute atomic E-state index is 11.9. The summed E-state index contributed by atoms with van der Waals surface area (Å²) in [6, 6.07) is 7.17. The Balaban J connectivity index is 2.34. The van der Waals surface area contributed by atoms with Crippen molar-refractivity contribution in [1.82, 2.24) is 10.1 Å². The molecule has 5 nitrogen and oxygen atoms in total. The highest BCUT2D eigenvalue weighted by molar-refractivity contribution is 6.33. The first-order valence-electron chi connectivity index (χ1n) is 6.23. The minimum atomic E-state index is -0.998. The van der Waals surface area contributed by atoms with Gasteiger partial charge in [0.05, 0.1) is 11.6 Å². The van der Waals surface area contributed by atoms with Gasteiger partial charge in [0.1, 0.15) is 5.41 Å². The van der Waals surface area contributed by atoms with Crippen LogP contribution >= 0.6 is 11.6 Å². The van der Waals surface area contributed by atoms with Crippen LogP contribution in [-0.2, 0) is 14.9 Å². The average Bonchev–Trinajstić information content (AvgIpc) is 2.89. The number of aromatic nitrogens is 2. The highest BCUT2D eigenvalue weighted by Crippen LogP contribution is 2.29. The second-order valence-corrected chi connectivity index (χ2v) is 5.16. The Morgan fingerprint density at radius 3 is 2.75 bits per heavy atom. The number of benzene rings is 1. The Kier molecular flexibility index (Phi) is 4.09. The van der Waals surface area contributed by atoms with Gasteiger partial charge in [-0.05, 0) is 32.9 Å². The quantitative estimate of drug-likeness (QED) is 0.810. The average molecular weight is 295 g/mol. The molecule has 0 unspecified atom stereocenters. The lowest BCUT2D eigenvalue weighted by Gasteiger charge is -2.16. The summed E-state index contributed by atoms with van der Waals surface area (Å²) in [5.74, 6) is 0.142. The lowest BCUT2D eigenvalue weighted by atomic mass is 9.94. The van der Waals surface area contributed by atoms with E-state index in [0.717, 1.165) is 0 Å². The number of ether oxygens (including phenoxy) is 1. The molecule has 6 heteroatoms. The molecule has 0 aliphatic rings. The van der Waals surface area contributed by atoms with Gasteiger partial charge in [-0.2, -0.15) is 4.98 Å². The van der Waals surface area contributed by atoms with E-state index in [1.807, 2.05) is 12.1 Å². The summed E-state index contributed by atoms with van der Waals surface area (Å²) in [6.07, 6.45) is 0. The van der Waals surface area contributed by atoms with Crippen LogP contribution in [-0.4, -0.2) is 22.7 Å². The molecule has 0 atom stereocenters. The normalized spacial score (nSPS) is 11.4. The van der Waals surface area contributed by atoms with Gasteiger partial charge in [0.15, 0.2) is 0 Å². The summed E-state index contributed by atoms with van der Waals surface area (Å²) in [7, 11) is 0. The van der Waals surface area contributed by atoms with Gasteiger partial charge in [0.2, 0.25) is 11.7 Å². The second-order valence-electron chi connectivity index (χ2n) is 4.75. The molecular formula is C14H15ClN2O3. The summed E-state index contributed by atoms with van der Waals surface area (Å²) in [5.41, 5.74) is -0.341. The molecule has 0 saturated carbocycles. The maximum Gasteiger partial charge on any atom is 0.321 e. The fourth-order valence-electron chi connectivity index (χ4n) is 1.63. The predicted octanol–water partition coefficient (Wildman–Crippen LogP) is 3.23. The van der Waals surface area contributed by atoms with Gasteiger partial charge in [0, 0.05) is 5.56 Å². The zero-order chi connectivity index (χ0) is 14.8. The zero-order valence-electron chi connectivity index (χ0n) is 11.5. The van der Waals surface area contributed by atoms with Crippen LogP contribution < -0.4 is 0 Å². The molecule has 0 N–H and O–H groups in total. The van der Waals surface area contributed by atoms with E-state index >= 15 is 0 Å². The molecule has 1 aromatic carbocycles. The monoisotopic (exact) mass is 294 g/mol. The summed E-state index contributed by atoms with van der Waals surface area (Å²) in [6.45, 7) is 5.40. The van der Waals surface area contributed by atoms with Crippen LogP contribution in [0.5, 0.6) is 0 Å². The van der Waals surface area contributed by atoms with Crippen LogP contribution in [0.3, 0.4) is 0 Å². The Morgan fingerprint density at radius 2 is 2.10 bits per heavy atom. The van der Waals surface area contributed by atoms with Gasteiger partial charge in [-0.15, -0.1) is 0 Å². The molecule has 2 rings (SSSR count). The maximum atomic E-state index is 11.9. The van der Waals surface area contributed by atoms with E-state index in [-0.39, 0.29) is 5.89 Å². The Morgan fingerprint density at radius 1 is 1.40 bits per heavy atom. The molecule has 0 amide bonds. The van der Waals surface area contributed by atoms with E-state index in [2.05, 4.69) is 10.1 Å². The van der Waals surface area contributed by atoms with Crippen LogP contribution in [0.25, 0.3) is 11.4 Å². The van der Waals surface area contributed by atoms with Crippen molar-refractivity contribution in [3.05, 3.63) is 35.2 Å². The lowest BCUT2D eigenvalue weighted by molar-refractivity contribution is -0.149. The molecule has 1 heterocycles. The van der Waals surface area contributed by atoms with E-state index in [4.69, 9.17) is 20.9 Å². The van der Waals surface area contributed by atoms with Gasteiger partial charge >= 0.3 is 5.97 Å². The molecule has 0 fully saturated rings. The fraction of sp³-hybridized carbons (Fsp3) is 0.357. The SMILES string of the molecule is CCOC(=O)C(C)(C)c1nc(-c2ccccc2Cl)no1. The summed E-state index contributed by atoms with van der Waals surface area (Å²) >= 11 is 6.08. The number of rotatable bonds is 4. The summed E-state index contributed by atoms with van der Waals surface area (Å²) in [4.78, 5) is 16.2. The van der Waals surface area contributed by atoms with Crippen molar-refractivity contribution in [3.63, 3.8) is 0 Å². The third-order valence-corrected chi connectivity index (χ3v) is 3.19. The van der Waals surface area contributed by atoms with Gasteiger partial charge in [-0.1, -0.05) is 28.9 Å². The molecule has 0 aliphatic heterocycles. The molecular weight excluding hydrogens is 280 g/mol. The van der Waals surface area contributed by atoms with Crippen LogP contribution in [0, 0.1) is 0 Å². The molecule has 2 aromatic rings. The minimum Gasteiger partial charge on any atom is -0.465 e. The van der Waals surface area contributed by atoms with E-state index in [1.54, 1.807) is 32.9 Å². The van der Waals surface area contributed by atoms with Crippen molar-refractivity contribution in [1.29, 1.82) is 0 Å². The topological polar surface area (TPSA) is 65.2 Å². The number of esters is 1. The molecule has 0 saturated heterocycles. The standard InChI is InChI=1S/C14H15ClN2O3/c1-4-19-13(18)14(2,3)12-16-11(17-20-12)9-7-5-6-8-10(9)15/h5-8H,4H2,1-3H3. The molecule has 0 spiro atoms. The first kappa shape index (κ1) is 14.5. The van der Waals surface area contributed by atoms with Crippen molar-refractivity contribution in [2.45, 2.75) is 26.2 Å². The number of halogens is 1. The number of nitrogens with zero attached hydrogens (tertiary/aromatic N) is 2. The predicted molar refractivity (Wildman–Crippen MR) is 74.4 cm³/mol. The number of hydrogen-bond donors (Lipinski definition) is 0. The van der Waals surface area contributed by atoms with Gasteiger partial charge in [-0.25, -0.2) is 0 Å². The molecule has 1 aromatic heterocycles. The lowest BCUT2D eigenvalue weighted by Crippen LogP contribution is -2.31. The number of carbonyl (C=O) groups excluding carboxylic acids is 1. The Bertz CT molecular complexity index is 622. The minimum absolute atomic E-state index is 0.200. The Hall–Kier alpha value is -1.88. The molecule has 106 valence electrons. The van der Waals surface area contributed by atoms with Gasteiger partial charge in [0.25, 0.3) is 0 Å². The van der Waals surface area contributed by atoms with E-state index < -0.39 is 11.4 Å². The smallest absolute Gasteiger partial charge is 0.321 e. The third-order valence-electron chi connectivity index (χ3n) is 2.86. The van der Waals surface area contributed by atoms with Crippen molar-refractivity contribution in [2.75, 3.05) is 6.61 Å². The van der Waals surface area contributed by atoms with Gasteiger partial charge < -0.3 is 9.26 Å². The van der Waals surface area contributed by atoms with Crippen LogP contribution in [0.1, 0.15) is 26.7 Å². The largest absolute Gasteiger partial charge is 0.465 e.